The molecule has 2 fully saturated rings. The molecule has 4 atom stereocenters. The van der Waals surface area contributed by atoms with Gasteiger partial charge >= 0.3 is 6.09 Å². The number of rotatable bonds is 12. The molecule has 2 amide bonds. The Balaban J connectivity index is 1.36. The van der Waals surface area contributed by atoms with Crippen molar-refractivity contribution in [3.8, 4) is 0 Å². The highest BCUT2D eigenvalue weighted by Gasteiger charge is 2.39. The molecule has 11 heteroatoms. The number of cyclic esters (lactones) is 1. The number of anilines is 1. The Morgan fingerprint density at radius 1 is 1.07 bits per heavy atom. The van der Waals surface area contributed by atoms with Crippen LogP contribution in [0.4, 0.5) is 10.5 Å². The third-order valence-corrected chi connectivity index (χ3v) is 9.54. The number of amides is 2. The summed E-state index contributed by atoms with van der Waals surface area (Å²) in [6.45, 7) is 2.19. The third-order valence-electron chi connectivity index (χ3n) is 7.71. The molecule has 43 heavy (non-hydrogen) atoms. The molecular weight excluding hydrogens is 570 g/mol. The van der Waals surface area contributed by atoms with Crippen LogP contribution in [-0.2, 0) is 30.7 Å². The lowest BCUT2D eigenvalue weighted by atomic mass is 10.0. The lowest BCUT2D eigenvalue weighted by Gasteiger charge is -2.31. The Morgan fingerprint density at radius 2 is 1.79 bits per heavy atom. The molecule has 0 aromatic heterocycles. The third kappa shape index (κ3) is 7.61. The quantitative estimate of drug-likeness (QED) is 0.324. The molecule has 0 unspecified atom stereocenters. The normalized spacial score (nSPS) is 20.2. The van der Waals surface area contributed by atoms with Crippen molar-refractivity contribution in [2.24, 2.45) is 0 Å². The van der Waals surface area contributed by atoms with Gasteiger partial charge in [0.15, 0.2) is 6.10 Å². The largest absolute Gasteiger partial charge is 0.434 e. The number of para-hydroxylation sites is 1. The molecule has 2 heterocycles. The number of nitrogens with one attached hydrogen (secondary N) is 1. The maximum absolute atomic E-state index is 13.8. The zero-order chi connectivity index (χ0) is 30.4. The molecule has 2 aliphatic heterocycles. The molecule has 2 N–H and O–H groups in total. The van der Waals surface area contributed by atoms with Gasteiger partial charge in [0.2, 0.25) is 10.0 Å². The van der Waals surface area contributed by atoms with Crippen LogP contribution in [0.2, 0.25) is 0 Å². The summed E-state index contributed by atoms with van der Waals surface area (Å²) >= 11 is 0. The second-order valence-corrected chi connectivity index (χ2v) is 12.9. The standard InChI is InChI=1S/C32H37N3O7S/c1-23-10-8-16-27(18-23)43(39,40)34(20-26-15-9-17-41-26)21-29(36)28(19-24-11-4-2-5-12-24)33-31(37)30-22-35(32(38)42-30)25-13-6-3-7-14-25/h2-8,10-14,16,18,26,28-30,36H,9,15,17,19-22H2,1H3,(H,33,37)/t26-,28+,29-,30+/m1/s1. The van der Waals surface area contributed by atoms with Gasteiger partial charge in [0.05, 0.1) is 29.7 Å². The van der Waals surface area contributed by atoms with E-state index in [1.165, 1.54) is 15.3 Å². The highest BCUT2D eigenvalue weighted by Crippen LogP contribution is 2.24. The Morgan fingerprint density at radius 3 is 2.47 bits per heavy atom. The number of ether oxygens (including phenoxy) is 2. The molecule has 3 aromatic carbocycles. The van der Waals surface area contributed by atoms with Crippen molar-refractivity contribution in [2.75, 3.05) is 31.1 Å². The lowest BCUT2D eigenvalue weighted by molar-refractivity contribution is -0.129. The molecule has 0 bridgehead atoms. The predicted molar refractivity (Wildman–Crippen MR) is 161 cm³/mol. The smallest absolute Gasteiger partial charge is 0.415 e. The first-order chi connectivity index (χ1) is 20.7. The highest BCUT2D eigenvalue weighted by atomic mass is 32.2. The predicted octanol–water partition coefficient (Wildman–Crippen LogP) is 3.28. The van der Waals surface area contributed by atoms with Crippen molar-refractivity contribution in [1.82, 2.24) is 9.62 Å². The first-order valence-electron chi connectivity index (χ1n) is 14.4. The van der Waals surface area contributed by atoms with Crippen molar-refractivity contribution in [1.29, 1.82) is 0 Å². The molecule has 0 saturated carbocycles. The first kappa shape index (κ1) is 30.7. The monoisotopic (exact) mass is 607 g/mol. The van der Waals surface area contributed by atoms with Crippen molar-refractivity contribution in [3.63, 3.8) is 0 Å². The minimum atomic E-state index is -4.00. The maximum atomic E-state index is 13.8. The zero-order valence-electron chi connectivity index (χ0n) is 24.0. The Kier molecular flexibility index (Phi) is 9.76. The van der Waals surface area contributed by atoms with Crippen LogP contribution >= 0.6 is 0 Å². The van der Waals surface area contributed by atoms with E-state index in [1.807, 2.05) is 49.4 Å². The number of benzene rings is 3. The van der Waals surface area contributed by atoms with E-state index >= 15 is 0 Å². The van der Waals surface area contributed by atoms with Crippen LogP contribution in [0.25, 0.3) is 0 Å². The fraction of sp³-hybridized carbons (Fsp3) is 0.375. The van der Waals surface area contributed by atoms with E-state index < -0.39 is 40.3 Å². The summed E-state index contributed by atoms with van der Waals surface area (Å²) in [5.74, 6) is -0.570. The number of nitrogens with zero attached hydrogens (tertiary/aromatic N) is 2. The van der Waals surface area contributed by atoms with E-state index in [0.29, 0.717) is 18.7 Å². The van der Waals surface area contributed by atoms with Crippen molar-refractivity contribution >= 4 is 27.7 Å². The Hall–Kier alpha value is -3.77. The van der Waals surface area contributed by atoms with Gasteiger partial charge in [-0.25, -0.2) is 13.2 Å². The summed E-state index contributed by atoms with van der Waals surface area (Å²) in [5, 5.41) is 14.4. The maximum Gasteiger partial charge on any atom is 0.415 e. The molecule has 3 aromatic rings. The fourth-order valence-electron chi connectivity index (χ4n) is 5.39. The first-order valence-corrected chi connectivity index (χ1v) is 15.9. The summed E-state index contributed by atoms with van der Waals surface area (Å²) in [4.78, 5) is 27.5. The van der Waals surface area contributed by atoms with E-state index in [1.54, 1.807) is 36.4 Å². The van der Waals surface area contributed by atoms with E-state index in [9.17, 15) is 23.1 Å². The second-order valence-electron chi connectivity index (χ2n) is 11.0. The molecule has 0 spiro atoms. The summed E-state index contributed by atoms with van der Waals surface area (Å²) in [5.41, 5.74) is 2.24. The van der Waals surface area contributed by atoms with Crippen molar-refractivity contribution < 1.29 is 32.6 Å². The molecule has 5 rings (SSSR count). The van der Waals surface area contributed by atoms with Crippen LogP contribution in [0, 0.1) is 6.92 Å². The van der Waals surface area contributed by atoms with E-state index in [-0.39, 0.29) is 37.1 Å². The van der Waals surface area contributed by atoms with Gasteiger partial charge in [-0.2, -0.15) is 4.31 Å². The number of aryl methyl sites for hydroxylation is 1. The van der Waals surface area contributed by atoms with Crippen LogP contribution in [0.1, 0.15) is 24.0 Å². The van der Waals surface area contributed by atoms with Crippen LogP contribution in [0.15, 0.2) is 89.8 Å². The summed E-state index contributed by atoms with van der Waals surface area (Å²) in [6, 6.07) is 24.0. The van der Waals surface area contributed by atoms with Gasteiger partial charge < -0.3 is 19.9 Å². The number of carbonyl (C=O) groups is 2. The number of aliphatic hydroxyl groups is 1. The highest BCUT2D eigenvalue weighted by molar-refractivity contribution is 7.89. The number of carbonyl (C=O) groups excluding carboxylic acids is 2. The summed E-state index contributed by atoms with van der Waals surface area (Å²) in [7, 11) is -4.00. The minimum Gasteiger partial charge on any atom is -0.434 e. The van der Waals surface area contributed by atoms with E-state index in [4.69, 9.17) is 9.47 Å². The number of hydrogen-bond donors (Lipinski definition) is 2. The number of hydrogen-bond acceptors (Lipinski definition) is 7. The van der Waals surface area contributed by atoms with Gasteiger partial charge in [-0.15, -0.1) is 0 Å². The lowest BCUT2D eigenvalue weighted by Crippen LogP contribution is -2.53. The van der Waals surface area contributed by atoms with Gasteiger partial charge in [0.1, 0.15) is 0 Å². The molecule has 2 saturated heterocycles. The molecule has 0 aliphatic carbocycles. The van der Waals surface area contributed by atoms with Crippen LogP contribution in [-0.4, -0.2) is 80.4 Å². The molecule has 228 valence electrons. The van der Waals surface area contributed by atoms with E-state index in [2.05, 4.69) is 5.32 Å². The zero-order valence-corrected chi connectivity index (χ0v) is 24.9. The molecular formula is C32H37N3O7S. The van der Waals surface area contributed by atoms with Crippen molar-refractivity contribution in [3.05, 3.63) is 96.1 Å². The van der Waals surface area contributed by atoms with Gasteiger partial charge in [-0.3, -0.25) is 9.69 Å². The Bertz CT molecular complexity index is 1500. The van der Waals surface area contributed by atoms with Gasteiger partial charge in [-0.05, 0) is 61.6 Å². The SMILES string of the molecule is Cc1cccc(S(=O)(=O)N(C[C@H]2CCCO2)C[C@@H](O)[C@H](Cc2ccccc2)NC(=O)[C@@H]2CN(c3ccccc3)C(=O)O2)c1. The number of aliphatic hydroxyl groups excluding tert-OH is 1. The fourth-order valence-corrected chi connectivity index (χ4v) is 6.99. The average molecular weight is 608 g/mol. The molecule has 10 nitrogen and oxygen atoms in total. The summed E-state index contributed by atoms with van der Waals surface area (Å²) < 4.78 is 40.1. The van der Waals surface area contributed by atoms with Gasteiger partial charge in [0, 0.05) is 25.4 Å². The van der Waals surface area contributed by atoms with Crippen molar-refractivity contribution in [2.45, 2.75) is 55.4 Å². The van der Waals surface area contributed by atoms with Gasteiger partial charge in [-0.1, -0.05) is 60.7 Å². The molecule has 0 radical (unpaired) electrons. The molecule has 2 aliphatic rings. The second kappa shape index (κ2) is 13.7. The minimum absolute atomic E-state index is 0.00964. The summed E-state index contributed by atoms with van der Waals surface area (Å²) in [6.07, 6.45) is -1.54. The Labute approximate surface area is 252 Å². The van der Waals surface area contributed by atoms with Crippen LogP contribution in [0.5, 0.6) is 0 Å². The van der Waals surface area contributed by atoms with E-state index in [0.717, 1.165) is 17.5 Å². The van der Waals surface area contributed by atoms with Crippen LogP contribution < -0.4 is 10.2 Å². The van der Waals surface area contributed by atoms with Crippen LogP contribution in [0.3, 0.4) is 0 Å². The topological polar surface area (TPSA) is 125 Å². The number of sulfonamides is 1. The average Bonchev–Trinajstić information content (AvgIpc) is 3.67. The van der Waals surface area contributed by atoms with Gasteiger partial charge in [0.25, 0.3) is 5.91 Å².